The Morgan fingerprint density at radius 3 is 2.81 bits per heavy atom. The Kier molecular flexibility index (Phi) is 4.38. The molecule has 0 amide bonds. The molecular weight excluding hydrogens is 356 g/mol. The predicted octanol–water partition coefficient (Wildman–Crippen LogP) is 3.74. The van der Waals surface area contributed by atoms with E-state index in [0.717, 1.165) is 47.5 Å². The van der Waals surface area contributed by atoms with Gasteiger partial charge in [0.25, 0.3) is 0 Å². The van der Waals surface area contributed by atoms with Gasteiger partial charge in [-0.25, -0.2) is 18.5 Å². The number of nitrogens with one attached hydrogen (secondary N) is 1. The van der Waals surface area contributed by atoms with Crippen LogP contribution in [0.3, 0.4) is 0 Å². The summed E-state index contributed by atoms with van der Waals surface area (Å²) in [6.07, 6.45) is 5.08. The van der Waals surface area contributed by atoms with Gasteiger partial charge in [0.15, 0.2) is 0 Å². The van der Waals surface area contributed by atoms with Crippen LogP contribution in [0.4, 0.5) is 5.82 Å². The minimum Gasteiger partial charge on any atom is -0.367 e. The number of benzene rings is 2. The lowest BCUT2D eigenvalue weighted by Crippen LogP contribution is -2.19. The molecule has 27 heavy (non-hydrogen) atoms. The highest BCUT2D eigenvalue weighted by Gasteiger charge is 2.22. The topological polar surface area (TPSA) is 58.1 Å². The van der Waals surface area contributed by atoms with Gasteiger partial charge in [0.2, 0.25) is 0 Å². The number of anilines is 1. The van der Waals surface area contributed by atoms with Crippen molar-refractivity contribution >= 4 is 27.7 Å². The van der Waals surface area contributed by atoms with Crippen molar-refractivity contribution in [1.82, 2.24) is 14.3 Å². The lowest BCUT2D eigenvalue weighted by molar-refractivity contribution is 0.471. The monoisotopic (exact) mass is 378 g/mol. The lowest BCUT2D eigenvalue weighted by Gasteiger charge is -2.14. The van der Waals surface area contributed by atoms with Gasteiger partial charge in [-0.15, -0.1) is 0 Å². The van der Waals surface area contributed by atoms with Crippen molar-refractivity contribution in [3.8, 4) is 11.1 Å². The summed E-state index contributed by atoms with van der Waals surface area (Å²) in [5, 5.41) is 4.57. The summed E-state index contributed by atoms with van der Waals surface area (Å²) in [5.74, 6) is 1.72. The fourth-order valence-corrected chi connectivity index (χ4v) is 4.83. The van der Waals surface area contributed by atoms with Gasteiger partial charge < -0.3 is 5.32 Å². The van der Waals surface area contributed by atoms with Crippen molar-refractivity contribution < 1.29 is 4.21 Å². The van der Waals surface area contributed by atoms with Crippen molar-refractivity contribution in [2.75, 3.05) is 17.6 Å². The van der Waals surface area contributed by atoms with E-state index in [1.807, 2.05) is 0 Å². The zero-order chi connectivity index (χ0) is 18.2. The van der Waals surface area contributed by atoms with E-state index in [1.54, 1.807) is 6.33 Å². The van der Waals surface area contributed by atoms with Gasteiger partial charge in [-0.1, -0.05) is 24.3 Å². The lowest BCUT2D eigenvalue weighted by atomic mass is 10.0. The summed E-state index contributed by atoms with van der Waals surface area (Å²) in [4.78, 5) is 8.86. The van der Waals surface area contributed by atoms with Gasteiger partial charge in [-0.05, 0) is 54.2 Å². The van der Waals surface area contributed by atoms with Crippen LogP contribution in [-0.2, 0) is 17.5 Å². The molecule has 2 heterocycles. The van der Waals surface area contributed by atoms with Crippen LogP contribution in [0, 0.1) is 0 Å². The summed E-state index contributed by atoms with van der Waals surface area (Å²) in [5.41, 5.74) is 4.48. The quantitative estimate of drug-likeness (QED) is 0.735. The van der Waals surface area contributed by atoms with Gasteiger partial charge in [0.1, 0.15) is 12.1 Å². The van der Waals surface area contributed by atoms with Gasteiger partial charge in [0.05, 0.1) is 16.5 Å². The minimum absolute atomic E-state index is 0.552. The molecule has 1 aliphatic carbocycles. The fourth-order valence-electron chi connectivity index (χ4n) is 3.57. The number of aromatic nitrogens is 2. The Labute approximate surface area is 161 Å². The third-order valence-electron chi connectivity index (χ3n) is 5.19. The predicted molar refractivity (Wildman–Crippen MR) is 110 cm³/mol. The Hall–Kier alpha value is -2.31. The highest BCUT2D eigenvalue weighted by molar-refractivity contribution is 7.82. The molecule has 1 atom stereocenters. The summed E-state index contributed by atoms with van der Waals surface area (Å²) in [6, 6.07) is 15.4. The maximum Gasteiger partial charge on any atom is 0.137 e. The van der Waals surface area contributed by atoms with Crippen molar-refractivity contribution in [3.05, 3.63) is 54.4 Å². The van der Waals surface area contributed by atoms with Crippen molar-refractivity contribution in [3.63, 3.8) is 0 Å². The molecule has 1 saturated carbocycles. The standard InChI is InChI=1S/C21H22N4OS/c26-27-10-2-9-25(27)13-15-3-1-4-16(11-15)17-5-8-20-19(12-17)21(23-14-22-20)24-18-6-7-18/h1,3-5,8,11-12,14,18H,2,6-7,9-10,13H2,(H,22,23,24). The van der Waals surface area contributed by atoms with E-state index in [4.69, 9.17) is 0 Å². The largest absolute Gasteiger partial charge is 0.367 e. The van der Waals surface area contributed by atoms with Crippen LogP contribution in [0.5, 0.6) is 0 Å². The molecule has 138 valence electrons. The molecule has 1 N–H and O–H groups in total. The average molecular weight is 379 g/mol. The maximum absolute atomic E-state index is 12.0. The van der Waals surface area contributed by atoms with Crippen LogP contribution in [0.15, 0.2) is 48.8 Å². The molecule has 1 aliphatic heterocycles. The summed E-state index contributed by atoms with van der Waals surface area (Å²) in [7, 11) is -0.825. The molecule has 1 saturated heterocycles. The van der Waals surface area contributed by atoms with Crippen LogP contribution in [0.1, 0.15) is 24.8 Å². The maximum atomic E-state index is 12.0. The van der Waals surface area contributed by atoms with E-state index >= 15 is 0 Å². The molecule has 0 bridgehead atoms. The zero-order valence-electron chi connectivity index (χ0n) is 15.1. The number of hydrogen-bond acceptors (Lipinski definition) is 4. The van der Waals surface area contributed by atoms with Crippen LogP contribution in [0.2, 0.25) is 0 Å². The molecule has 2 aliphatic rings. The normalized spacial score (nSPS) is 20.2. The first-order chi connectivity index (χ1) is 13.3. The molecule has 0 spiro atoms. The summed E-state index contributed by atoms with van der Waals surface area (Å²) < 4.78 is 14.1. The summed E-state index contributed by atoms with van der Waals surface area (Å²) >= 11 is 0. The molecule has 1 unspecified atom stereocenters. The number of nitrogens with zero attached hydrogens (tertiary/aromatic N) is 3. The Morgan fingerprint density at radius 2 is 2.00 bits per heavy atom. The van der Waals surface area contributed by atoms with Gasteiger partial charge in [-0.3, -0.25) is 0 Å². The third-order valence-corrected chi connectivity index (χ3v) is 6.71. The average Bonchev–Trinajstić information content (AvgIpc) is 3.43. The Bertz CT molecular complexity index is 1020. The van der Waals surface area contributed by atoms with Gasteiger partial charge >= 0.3 is 0 Å². The number of rotatable bonds is 5. The van der Waals surface area contributed by atoms with E-state index in [0.29, 0.717) is 6.04 Å². The first kappa shape index (κ1) is 16.8. The molecule has 5 rings (SSSR count). The van der Waals surface area contributed by atoms with Crippen molar-refractivity contribution in [2.24, 2.45) is 0 Å². The number of fused-ring (bicyclic) bond motifs is 1. The molecule has 3 aromatic rings. The molecule has 5 nitrogen and oxygen atoms in total. The molecule has 2 aromatic carbocycles. The Balaban J connectivity index is 1.47. The van der Waals surface area contributed by atoms with Crippen molar-refractivity contribution in [2.45, 2.75) is 31.8 Å². The third kappa shape index (κ3) is 3.59. The minimum atomic E-state index is -0.825. The van der Waals surface area contributed by atoms with Gasteiger partial charge in [0, 0.05) is 30.3 Å². The first-order valence-corrected chi connectivity index (χ1v) is 10.8. The van der Waals surface area contributed by atoms with Gasteiger partial charge in [-0.2, -0.15) is 0 Å². The SMILES string of the molecule is O=S1CCCN1Cc1cccc(-c2ccc3ncnc(NC4CC4)c3c2)c1. The van der Waals surface area contributed by atoms with E-state index in [1.165, 1.54) is 24.0 Å². The molecule has 2 fully saturated rings. The van der Waals surface area contributed by atoms with E-state index < -0.39 is 11.0 Å². The molecule has 0 radical (unpaired) electrons. The fraction of sp³-hybridized carbons (Fsp3) is 0.333. The molecular formula is C21H22N4OS. The molecule has 1 aromatic heterocycles. The second-order valence-corrected chi connectivity index (χ2v) is 8.88. The van der Waals surface area contributed by atoms with Crippen LogP contribution in [0.25, 0.3) is 22.0 Å². The Morgan fingerprint density at radius 1 is 1.11 bits per heavy atom. The smallest absolute Gasteiger partial charge is 0.137 e. The second-order valence-electron chi connectivity index (χ2n) is 7.32. The van der Waals surface area contributed by atoms with Crippen LogP contribution >= 0.6 is 0 Å². The zero-order valence-corrected chi connectivity index (χ0v) is 15.9. The molecule has 6 heteroatoms. The highest BCUT2D eigenvalue weighted by atomic mass is 32.2. The first-order valence-electron chi connectivity index (χ1n) is 9.50. The van der Waals surface area contributed by atoms with E-state index in [9.17, 15) is 4.21 Å². The van der Waals surface area contributed by atoms with E-state index in [2.05, 4.69) is 62.1 Å². The highest BCUT2D eigenvalue weighted by Crippen LogP contribution is 2.31. The van der Waals surface area contributed by atoms with Crippen molar-refractivity contribution in [1.29, 1.82) is 0 Å². The van der Waals surface area contributed by atoms with E-state index in [-0.39, 0.29) is 0 Å². The van der Waals surface area contributed by atoms with Crippen LogP contribution in [-0.4, -0.2) is 36.8 Å². The van der Waals surface area contributed by atoms with Crippen LogP contribution < -0.4 is 5.32 Å². The number of hydrogen-bond donors (Lipinski definition) is 1. The summed E-state index contributed by atoms with van der Waals surface area (Å²) in [6.45, 7) is 1.66. The second kappa shape index (κ2) is 7.02.